The molecule has 0 saturated heterocycles. The van der Waals surface area contributed by atoms with E-state index in [2.05, 4.69) is 12.0 Å². The first-order valence-corrected chi connectivity index (χ1v) is 12.4. The van der Waals surface area contributed by atoms with Gasteiger partial charge in [0.25, 0.3) is 5.69 Å². The van der Waals surface area contributed by atoms with Crippen LogP contribution in [0.2, 0.25) is 0 Å². The van der Waals surface area contributed by atoms with Gasteiger partial charge in [-0.15, -0.1) is 0 Å². The molecule has 0 heterocycles. The Morgan fingerprint density at radius 3 is 2.24 bits per heavy atom. The molecule has 2 rings (SSSR count). The van der Waals surface area contributed by atoms with E-state index in [1.807, 2.05) is 13.8 Å². The summed E-state index contributed by atoms with van der Waals surface area (Å²) in [6.45, 7) is 7.71. The van der Waals surface area contributed by atoms with Crippen LogP contribution in [0.3, 0.4) is 0 Å². The van der Waals surface area contributed by atoms with E-state index in [1.165, 1.54) is 31.2 Å². The van der Waals surface area contributed by atoms with Crippen LogP contribution < -0.4 is 14.1 Å². The van der Waals surface area contributed by atoms with Crippen molar-refractivity contribution in [2.45, 2.75) is 52.2 Å². The minimum atomic E-state index is -4.15. The number of nitro groups is 1. The molecule has 0 fully saturated rings. The zero-order valence-corrected chi connectivity index (χ0v) is 20.7. The van der Waals surface area contributed by atoms with E-state index in [9.17, 15) is 19.5 Å². The highest BCUT2D eigenvalue weighted by Crippen LogP contribution is 2.45. The third-order valence-corrected chi connectivity index (χ3v) is 6.11. The van der Waals surface area contributed by atoms with Gasteiger partial charge >= 0.3 is 13.7 Å². The standard InChI is InChI=1S/C23H31N2O8P/c1-5-6-16-31-23(3,4)17-30-22(26)18(2)24-34(29,32-20-10-8-7-9-11-20)33-21-14-12-19(13-15-21)25(27)28/h7-15,18H,5-6,16-17H2,1-4H3,(H,24,29)/t18-,34?/m0/s1. The van der Waals surface area contributed by atoms with Crippen LogP contribution in [0.5, 0.6) is 11.5 Å². The summed E-state index contributed by atoms with van der Waals surface area (Å²) in [5.41, 5.74) is -0.829. The SMILES string of the molecule is CCCCOC(C)(C)COC(=O)[C@H](C)NP(=O)(Oc1ccccc1)Oc1ccc([N+](=O)[O-])cc1. The van der Waals surface area contributed by atoms with E-state index in [-0.39, 0.29) is 23.8 Å². The monoisotopic (exact) mass is 494 g/mol. The van der Waals surface area contributed by atoms with E-state index in [0.717, 1.165) is 12.8 Å². The van der Waals surface area contributed by atoms with Crippen LogP contribution in [0.1, 0.15) is 40.5 Å². The summed E-state index contributed by atoms with van der Waals surface area (Å²) in [7, 11) is -4.15. The number of benzene rings is 2. The first-order chi connectivity index (χ1) is 16.0. The summed E-state index contributed by atoms with van der Waals surface area (Å²) >= 11 is 0. The van der Waals surface area contributed by atoms with Gasteiger partial charge in [0.1, 0.15) is 24.1 Å². The largest absolute Gasteiger partial charge is 0.513 e. The molecule has 0 bridgehead atoms. The van der Waals surface area contributed by atoms with Crippen molar-refractivity contribution in [1.29, 1.82) is 0 Å². The molecule has 1 N–H and O–H groups in total. The molecule has 11 heteroatoms. The lowest BCUT2D eigenvalue weighted by molar-refractivity contribution is -0.384. The van der Waals surface area contributed by atoms with Gasteiger partial charge in [-0.1, -0.05) is 31.5 Å². The molecule has 0 radical (unpaired) electrons. The summed E-state index contributed by atoms with van der Waals surface area (Å²) in [6.07, 6.45) is 1.89. The number of unbranched alkanes of at least 4 members (excludes halogenated alkanes) is 1. The summed E-state index contributed by atoms with van der Waals surface area (Å²) in [5, 5.41) is 13.5. The normalized spacial score (nSPS) is 14.0. The number of hydrogen-bond donors (Lipinski definition) is 1. The zero-order valence-electron chi connectivity index (χ0n) is 19.8. The summed E-state index contributed by atoms with van der Waals surface area (Å²) in [5.74, 6) is -0.369. The van der Waals surface area contributed by atoms with Crippen LogP contribution in [0, 0.1) is 10.1 Å². The van der Waals surface area contributed by atoms with Crippen molar-refractivity contribution in [2.24, 2.45) is 0 Å². The van der Waals surface area contributed by atoms with Crippen LogP contribution in [0.4, 0.5) is 5.69 Å². The molecular weight excluding hydrogens is 463 g/mol. The van der Waals surface area contributed by atoms with Crippen molar-refractivity contribution in [3.63, 3.8) is 0 Å². The van der Waals surface area contributed by atoms with E-state index >= 15 is 0 Å². The molecule has 0 aliphatic rings. The number of nitrogens with one attached hydrogen (secondary N) is 1. The molecule has 0 aliphatic carbocycles. The molecule has 2 aromatic rings. The number of esters is 1. The van der Waals surface area contributed by atoms with E-state index in [0.29, 0.717) is 6.61 Å². The summed E-state index contributed by atoms with van der Waals surface area (Å²) < 4.78 is 35.7. The van der Waals surface area contributed by atoms with E-state index in [1.54, 1.807) is 30.3 Å². The second kappa shape index (κ2) is 12.5. The fraction of sp³-hybridized carbons (Fsp3) is 0.435. The van der Waals surface area contributed by atoms with Gasteiger partial charge in [0.2, 0.25) is 0 Å². The number of para-hydroxylation sites is 1. The van der Waals surface area contributed by atoms with Gasteiger partial charge in [0.15, 0.2) is 0 Å². The number of rotatable bonds is 14. The minimum absolute atomic E-state index is 0.00855. The highest BCUT2D eigenvalue weighted by molar-refractivity contribution is 7.52. The van der Waals surface area contributed by atoms with Crippen molar-refractivity contribution in [1.82, 2.24) is 5.09 Å². The lowest BCUT2D eigenvalue weighted by Gasteiger charge is -2.26. The average molecular weight is 494 g/mol. The third-order valence-electron chi connectivity index (χ3n) is 4.50. The smallest absolute Gasteiger partial charge is 0.461 e. The molecule has 186 valence electrons. The van der Waals surface area contributed by atoms with Gasteiger partial charge in [-0.05, 0) is 51.5 Å². The Kier molecular flexibility index (Phi) is 10.0. The van der Waals surface area contributed by atoms with Gasteiger partial charge in [-0.25, -0.2) is 4.57 Å². The van der Waals surface area contributed by atoms with Crippen molar-refractivity contribution in [3.05, 3.63) is 64.7 Å². The van der Waals surface area contributed by atoms with Crippen molar-refractivity contribution in [2.75, 3.05) is 13.2 Å². The maximum atomic E-state index is 13.5. The first-order valence-electron chi connectivity index (χ1n) is 10.9. The number of hydrogen-bond acceptors (Lipinski definition) is 8. The second-order valence-electron chi connectivity index (χ2n) is 8.16. The van der Waals surface area contributed by atoms with E-state index in [4.69, 9.17) is 18.5 Å². The van der Waals surface area contributed by atoms with Crippen LogP contribution in [-0.2, 0) is 18.8 Å². The average Bonchev–Trinajstić information content (AvgIpc) is 2.78. The number of nitrogens with zero attached hydrogens (tertiary/aromatic N) is 1. The zero-order chi connectivity index (χ0) is 25.2. The Balaban J connectivity index is 2.10. The van der Waals surface area contributed by atoms with Gasteiger partial charge in [0, 0.05) is 18.7 Å². The summed E-state index contributed by atoms with van der Waals surface area (Å²) in [4.78, 5) is 22.9. The molecule has 0 aliphatic heterocycles. The lowest BCUT2D eigenvalue weighted by Crippen LogP contribution is -2.39. The van der Waals surface area contributed by atoms with Crippen molar-refractivity contribution in [3.8, 4) is 11.5 Å². The van der Waals surface area contributed by atoms with Crippen LogP contribution in [0.25, 0.3) is 0 Å². The molecule has 0 spiro atoms. The van der Waals surface area contributed by atoms with Gasteiger partial charge in [-0.3, -0.25) is 14.9 Å². The van der Waals surface area contributed by atoms with Crippen LogP contribution >= 0.6 is 7.75 Å². The Hall–Kier alpha value is -2.94. The highest BCUT2D eigenvalue weighted by atomic mass is 31.2. The van der Waals surface area contributed by atoms with Gasteiger partial charge < -0.3 is 18.5 Å². The fourth-order valence-corrected chi connectivity index (χ4v) is 4.17. The molecule has 2 atom stereocenters. The Bertz CT molecular complexity index is 982. The van der Waals surface area contributed by atoms with E-state index < -0.39 is 30.3 Å². The van der Waals surface area contributed by atoms with Crippen molar-refractivity contribution < 1.29 is 32.8 Å². The number of carbonyl (C=O) groups is 1. The fourth-order valence-electron chi connectivity index (χ4n) is 2.65. The van der Waals surface area contributed by atoms with Gasteiger partial charge in [-0.2, -0.15) is 5.09 Å². The maximum absolute atomic E-state index is 13.5. The number of non-ortho nitro benzene ring substituents is 1. The first kappa shape index (κ1) is 27.3. The van der Waals surface area contributed by atoms with Crippen LogP contribution in [-0.4, -0.2) is 35.7 Å². The quantitative estimate of drug-likeness (QED) is 0.123. The van der Waals surface area contributed by atoms with Gasteiger partial charge in [0.05, 0.1) is 10.5 Å². The lowest BCUT2D eigenvalue weighted by atomic mass is 10.1. The predicted molar refractivity (Wildman–Crippen MR) is 127 cm³/mol. The molecule has 0 aromatic heterocycles. The predicted octanol–water partition coefficient (Wildman–Crippen LogP) is 5.28. The number of ether oxygens (including phenoxy) is 2. The second-order valence-corrected chi connectivity index (χ2v) is 9.78. The molecule has 34 heavy (non-hydrogen) atoms. The Morgan fingerprint density at radius 1 is 1.09 bits per heavy atom. The van der Waals surface area contributed by atoms with Crippen molar-refractivity contribution >= 4 is 19.4 Å². The third kappa shape index (κ3) is 9.13. The number of carbonyl (C=O) groups excluding carboxylic acids is 1. The summed E-state index contributed by atoms with van der Waals surface area (Å²) in [6, 6.07) is 12.2. The Labute approximate surface area is 199 Å². The highest BCUT2D eigenvalue weighted by Gasteiger charge is 2.34. The maximum Gasteiger partial charge on any atom is 0.513 e. The topological polar surface area (TPSA) is 126 Å². The molecule has 0 saturated carbocycles. The molecule has 1 unspecified atom stereocenters. The molecule has 10 nitrogen and oxygen atoms in total. The molecule has 0 amide bonds. The minimum Gasteiger partial charge on any atom is -0.461 e. The Morgan fingerprint density at radius 2 is 1.68 bits per heavy atom. The molecule has 2 aromatic carbocycles. The van der Waals surface area contributed by atoms with Crippen LogP contribution in [0.15, 0.2) is 54.6 Å². The molecular formula is C23H31N2O8P. The number of nitro benzene ring substituents is 1.